The minimum atomic E-state index is -0.292. The fourth-order valence-electron chi connectivity index (χ4n) is 3.42. The Morgan fingerprint density at radius 3 is 2.68 bits per heavy atom. The number of likely N-dealkylation sites (tertiary alicyclic amines) is 1. The molecule has 0 aliphatic carbocycles. The molecule has 1 aliphatic heterocycles. The van der Waals surface area contributed by atoms with E-state index in [-0.39, 0.29) is 18.3 Å². The van der Waals surface area contributed by atoms with E-state index in [0.29, 0.717) is 11.5 Å². The van der Waals surface area contributed by atoms with Gasteiger partial charge < -0.3 is 10.2 Å². The third-order valence-corrected chi connectivity index (χ3v) is 5.09. The number of nitrogens with one attached hydrogen (secondary N) is 1. The molecule has 0 aromatic carbocycles. The molecule has 0 radical (unpaired) electrons. The minimum Gasteiger partial charge on any atom is -0.304 e. The molecule has 10 heteroatoms. The maximum atomic E-state index is 12.5. The largest absolute Gasteiger partial charge is 0.304 e. The Morgan fingerprint density at radius 1 is 1.18 bits per heavy atom. The predicted octanol–water partition coefficient (Wildman–Crippen LogP) is 2.03. The molecule has 28 heavy (non-hydrogen) atoms. The average molecular weight is 405 g/mol. The van der Waals surface area contributed by atoms with Gasteiger partial charge in [-0.25, -0.2) is 14.6 Å². The van der Waals surface area contributed by atoms with E-state index in [1.54, 1.807) is 24.0 Å². The molecule has 0 bridgehead atoms. The molecule has 1 N–H and O–H groups in total. The van der Waals surface area contributed by atoms with Crippen molar-refractivity contribution >= 4 is 35.2 Å². The number of aryl methyl sites for hydroxylation is 2. The number of hydrogen-bond donors (Lipinski definition) is 1. The number of fused-ring (bicyclic) bond motifs is 1. The summed E-state index contributed by atoms with van der Waals surface area (Å²) >= 11 is 0. The van der Waals surface area contributed by atoms with Crippen LogP contribution in [0.5, 0.6) is 0 Å². The van der Waals surface area contributed by atoms with Crippen LogP contribution in [0.15, 0.2) is 18.6 Å². The number of carbonyl (C=O) groups excluding carboxylic acids is 1. The van der Waals surface area contributed by atoms with E-state index >= 15 is 0 Å². The summed E-state index contributed by atoms with van der Waals surface area (Å²) in [5.41, 5.74) is 2.01. The lowest BCUT2D eigenvalue weighted by atomic mass is 10.1. The van der Waals surface area contributed by atoms with Crippen LogP contribution in [-0.2, 0) is 13.6 Å². The Labute approximate surface area is 169 Å². The normalized spacial score (nSPS) is 14.8. The molecule has 3 aromatic heterocycles. The Balaban J connectivity index is 0.00000225. The van der Waals surface area contributed by atoms with Gasteiger partial charge in [0.15, 0.2) is 11.3 Å². The van der Waals surface area contributed by atoms with Crippen LogP contribution in [0.25, 0.3) is 11.0 Å². The number of halogens is 1. The van der Waals surface area contributed by atoms with Crippen LogP contribution < -0.4 is 5.32 Å². The first-order valence-electron chi connectivity index (χ1n) is 9.32. The molecule has 0 atom stereocenters. The lowest BCUT2D eigenvalue weighted by molar-refractivity contribution is 0.102. The van der Waals surface area contributed by atoms with Crippen molar-refractivity contribution in [3.05, 3.63) is 30.0 Å². The summed E-state index contributed by atoms with van der Waals surface area (Å²) in [5.74, 6) is 0.164. The lowest BCUT2D eigenvalue weighted by Crippen LogP contribution is -2.32. The van der Waals surface area contributed by atoms with Crippen molar-refractivity contribution in [2.45, 2.75) is 32.7 Å². The van der Waals surface area contributed by atoms with Crippen LogP contribution in [-0.4, -0.2) is 60.0 Å². The molecule has 1 fully saturated rings. The molecular weight excluding hydrogens is 380 g/mol. The highest BCUT2D eigenvalue weighted by molar-refractivity contribution is 6.06. The standard InChI is InChI=1S/C18H24N8O.ClH/c1-13-10-15(23-24(13)2)18(27)22-16-14-11-21-26(17(14)20-12-19-16)9-8-25-6-4-3-5-7-25;/h10-12H,3-9H2,1-2H3,(H,19,20,22,27);1H. The topological polar surface area (TPSA) is 93.8 Å². The van der Waals surface area contributed by atoms with Gasteiger partial charge in [0.05, 0.1) is 18.1 Å². The number of aromatic nitrogens is 6. The number of anilines is 1. The van der Waals surface area contributed by atoms with Crippen molar-refractivity contribution in [3.8, 4) is 0 Å². The molecule has 0 unspecified atom stereocenters. The Bertz CT molecular complexity index is 940. The minimum absolute atomic E-state index is 0. The average Bonchev–Trinajstić information content (AvgIpc) is 3.25. The number of nitrogens with zero attached hydrogens (tertiary/aromatic N) is 7. The van der Waals surface area contributed by atoms with Crippen LogP contribution in [0.4, 0.5) is 5.82 Å². The Hall–Kier alpha value is -2.52. The van der Waals surface area contributed by atoms with Crippen molar-refractivity contribution in [2.75, 3.05) is 25.0 Å². The summed E-state index contributed by atoms with van der Waals surface area (Å²) in [4.78, 5) is 23.5. The number of hydrogen-bond acceptors (Lipinski definition) is 6. The number of carbonyl (C=O) groups is 1. The molecule has 1 aliphatic rings. The van der Waals surface area contributed by atoms with Crippen LogP contribution in [0.1, 0.15) is 35.4 Å². The van der Waals surface area contributed by atoms with Crippen LogP contribution >= 0.6 is 12.4 Å². The summed E-state index contributed by atoms with van der Waals surface area (Å²) in [6.07, 6.45) is 7.04. The monoisotopic (exact) mass is 404 g/mol. The summed E-state index contributed by atoms with van der Waals surface area (Å²) in [7, 11) is 1.81. The zero-order valence-corrected chi connectivity index (χ0v) is 16.9. The van der Waals surface area contributed by atoms with Gasteiger partial charge in [-0.1, -0.05) is 6.42 Å². The van der Waals surface area contributed by atoms with Gasteiger partial charge in [0, 0.05) is 19.3 Å². The SMILES string of the molecule is Cc1cc(C(=O)Nc2ncnc3c2cnn3CCN2CCCCC2)nn1C.Cl. The van der Waals surface area contributed by atoms with Gasteiger partial charge >= 0.3 is 0 Å². The van der Waals surface area contributed by atoms with E-state index in [1.807, 2.05) is 11.6 Å². The third-order valence-electron chi connectivity index (χ3n) is 5.09. The van der Waals surface area contributed by atoms with Gasteiger partial charge in [0.2, 0.25) is 0 Å². The van der Waals surface area contributed by atoms with E-state index in [9.17, 15) is 4.79 Å². The Kier molecular flexibility index (Phi) is 6.25. The van der Waals surface area contributed by atoms with Gasteiger partial charge in [-0.2, -0.15) is 10.2 Å². The highest BCUT2D eigenvalue weighted by Crippen LogP contribution is 2.19. The molecule has 0 spiro atoms. The molecule has 1 amide bonds. The van der Waals surface area contributed by atoms with Crippen molar-refractivity contribution < 1.29 is 4.79 Å². The van der Waals surface area contributed by atoms with Gasteiger partial charge in [-0.15, -0.1) is 12.4 Å². The first kappa shape index (κ1) is 20.2. The second-order valence-electron chi connectivity index (χ2n) is 6.98. The number of amides is 1. The van der Waals surface area contributed by atoms with E-state index in [1.165, 1.54) is 25.6 Å². The van der Waals surface area contributed by atoms with E-state index in [2.05, 4.69) is 30.4 Å². The summed E-state index contributed by atoms with van der Waals surface area (Å²) in [6.45, 7) is 5.93. The molecule has 1 saturated heterocycles. The van der Waals surface area contributed by atoms with Gasteiger partial charge in [0.1, 0.15) is 12.1 Å². The molecular formula is C18H25ClN8O. The smallest absolute Gasteiger partial charge is 0.277 e. The zero-order chi connectivity index (χ0) is 18.8. The summed E-state index contributed by atoms with van der Waals surface area (Å²) in [5, 5.41) is 12.2. The van der Waals surface area contributed by atoms with E-state index in [4.69, 9.17) is 0 Å². The summed E-state index contributed by atoms with van der Waals surface area (Å²) in [6, 6.07) is 1.75. The number of rotatable bonds is 5. The van der Waals surface area contributed by atoms with Crippen LogP contribution in [0, 0.1) is 6.92 Å². The highest BCUT2D eigenvalue weighted by Gasteiger charge is 2.16. The second kappa shape index (κ2) is 8.66. The zero-order valence-electron chi connectivity index (χ0n) is 16.1. The maximum Gasteiger partial charge on any atom is 0.277 e. The molecule has 3 aromatic rings. The second-order valence-corrected chi connectivity index (χ2v) is 6.98. The van der Waals surface area contributed by atoms with Crippen LogP contribution in [0.2, 0.25) is 0 Å². The van der Waals surface area contributed by atoms with E-state index in [0.717, 1.165) is 42.9 Å². The molecule has 9 nitrogen and oxygen atoms in total. The lowest BCUT2D eigenvalue weighted by Gasteiger charge is -2.26. The first-order chi connectivity index (χ1) is 13.1. The van der Waals surface area contributed by atoms with Crippen molar-refractivity contribution in [3.63, 3.8) is 0 Å². The molecule has 4 heterocycles. The van der Waals surface area contributed by atoms with Crippen molar-refractivity contribution in [1.29, 1.82) is 0 Å². The van der Waals surface area contributed by atoms with Crippen molar-refractivity contribution in [2.24, 2.45) is 7.05 Å². The van der Waals surface area contributed by atoms with E-state index < -0.39 is 0 Å². The van der Waals surface area contributed by atoms with Crippen molar-refractivity contribution in [1.82, 2.24) is 34.4 Å². The first-order valence-corrected chi connectivity index (χ1v) is 9.32. The number of piperidine rings is 1. The molecule has 0 saturated carbocycles. The van der Waals surface area contributed by atoms with Gasteiger partial charge in [-0.3, -0.25) is 9.48 Å². The maximum absolute atomic E-state index is 12.5. The Morgan fingerprint density at radius 2 is 1.96 bits per heavy atom. The quantitative estimate of drug-likeness (QED) is 0.699. The molecule has 150 valence electrons. The fourth-order valence-corrected chi connectivity index (χ4v) is 3.42. The summed E-state index contributed by atoms with van der Waals surface area (Å²) < 4.78 is 3.55. The highest BCUT2D eigenvalue weighted by atomic mass is 35.5. The predicted molar refractivity (Wildman–Crippen MR) is 109 cm³/mol. The fraction of sp³-hybridized carbons (Fsp3) is 0.500. The van der Waals surface area contributed by atoms with Gasteiger partial charge in [0.25, 0.3) is 5.91 Å². The third kappa shape index (κ3) is 4.15. The van der Waals surface area contributed by atoms with Gasteiger partial charge in [-0.05, 0) is 38.9 Å². The molecule has 4 rings (SSSR count). The van der Waals surface area contributed by atoms with Crippen LogP contribution in [0.3, 0.4) is 0 Å².